The van der Waals surface area contributed by atoms with E-state index in [1.807, 2.05) is 0 Å². The van der Waals surface area contributed by atoms with Crippen LogP contribution in [0, 0.1) is 5.92 Å². The van der Waals surface area contributed by atoms with Gasteiger partial charge in [-0.2, -0.15) is 4.37 Å². The highest BCUT2D eigenvalue weighted by molar-refractivity contribution is 7.13. The number of hydrogen-bond acceptors (Lipinski definition) is 6. The molecule has 0 spiro atoms. The van der Waals surface area contributed by atoms with Crippen LogP contribution in [-0.4, -0.2) is 67.2 Å². The Labute approximate surface area is 157 Å². The minimum Gasteiger partial charge on any atom is -0.378 e. The van der Waals surface area contributed by atoms with Crippen molar-refractivity contribution in [2.45, 2.75) is 18.9 Å². The van der Waals surface area contributed by atoms with Gasteiger partial charge in [-0.1, -0.05) is 0 Å². The summed E-state index contributed by atoms with van der Waals surface area (Å²) >= 11 is 1.42. The Morgan fingerprint density at radius 1 is 1.19 bits per heavy atom. The number of nitrogens with zero attached hydrogens (tertiary/aromatic N) is 3. The van der Waals surface area contributed by atoms with Crippen LogP contribution in [-0.2, 0) is 4.74 Å². The van der Waals surface area contributed by atoms with Crippen molar-refractivity contribution in [3.8, 4) is 0 Å². The predicted molar refractivity (Wildman–Crippen MR) is 103 cm³/mol. The molecule has 4 aliphatic heterocycles. The van der Waals surface area contributed by atoms with Crippen molar-refractivity contribution in [3.05, 3.63) is 23.9 Å². The van der Waals surface area contributed by atoms with Crippen LogP contribution >= 0.6 is 11.5 Å². The topological polar surface area (TPSA) is 57.7 Å². The van der Waals surface area contributed by atoms with Gasteiger partial charge in [0.25, 0.3) is 5.91 Å². The number of benzene rings is 1. The molecule has 0 unspecified atom stereocenters. The number of piperidine rings is 3. The summed E-state index contributed by atoms with van der Waals surface area (Å²) in [7, 11) is 0. The lowest BCUT2D eigenvalue weighted by molar-refractivity contribution is 0.0619. The Morgan fingerprint density at radius 2 is 2.00 bits per heavy atom. The lowest BCUT2D eigenvalue weighted by Crippen LogP contribution is -2.57. The minimum atomic E-state index is -0.0193. The van der Waals surface area contributed by atoms with Gasteiger partial charge in [0.2, 0.25) is 0 Å². The van der Waals surface area contributed by atoms with Gasteiger partial charge in [-0.05, 0) is 61.6 Å². The number of fused-ring (bicyclic) bond motifs is 4. The van der Waals surface area contributed by atoms with Crippen LogP contribution in [0.15, 0.2) is 18.2 Å². The average molecular weight is 372 g/mol. The smallest absolute Gasteiger partial charge is 0.271 e. The second-order valence-electron chi connectivity index (χ2n) is 7.53. The van der Waals surface area contributed by atoms with Gasteiger partial charge in [-0.3, -0.25) is 4.79 Å². The van der Waals surface area contributed by atoms with Gasteiger partial charge < -0.3 is 19.9 Å². The van der Waals surface area contributed by atoms with Crippen molar-refractivity contribution in [2.75, 3.05) is 50.8 Å². The van der Waals surface area contributed by atoms with E-state index in [0.29, 0.717) is 11.6 Å². The first-order valence-corrected chi connectivity index (χ1v) is 10.3. The Balaban J connectivity index is 1.34. The van der Waals surface area contributed by atoms with E-state index in [0.717, 1.165) is 42.9 Å². The fourth-order valence-corrected chi connectivity index (χ4v) is 5.28. The minimum absolute atomic E-state index is 0.0193. The number of anilines is 1. The number of rotatable bonds is 3. The Morgan fingerprint density at radius 3 is 2.73 bits per heavy atom. The van der Waals surface area contributed by atoms with E-state index in [9.17, 15) is 4.79 Å². The predicted octanol–water partition coefficient (Wildman–Crippen LogP) is 1.96. The van der Waals surface area contributed by atoms with E-state index >= 15 is 0 Å². The van der Waals surface area contributed by atoms with Crippen molar-refractivity contribution in [1.82, 2.24) is 14.6 Å². The summed E-state index contributed by atoms with van der Waals surface area (Å²) in [5.41, 5.74) is 1.77. The standard InChI is InChI=1S/C19H24N4O2S/c24-19(20-16-12-22-5-3-13(16)4-6-22)18-15-2-1-14(11-17(15)26-21-18)23-7-9-25-10-8-23/h1-2,11,13,16H,3-10,12H2,(H,20,24)/t16-/m1/s1. The number of aromatic nitrogens is 1. The highest BCUT2D eigenvalue weighted by Gasteiger charge is 2.35. The molecular weight excluding hydrogens is 348 g/mol. The SMILES string of the molecule is O=C(N[C@@H]1CN2CCC1CC2)c1nsc2cc(N3CCOCC3)ccc12. The number of hydrogen-bond donors (Lipinski definition) is 1. The summed E-state index contributed by atoms with van der Waals surface area (Å²) in [6.07, 6.45) is 2.40. The first kappa shape index (κ1) is 16.5. The van der Waals surface area contributed by atoms with Gasteiger partial charge in [-0.15, -0.1) is 0 Å². The molecule has 26 heavy (non-hydrogen) atoms. The van der Waals surface area contributed by atoms with Crippen molar-refractivity contribution >= 4 is 33.2 Å². The molecule has 0 aliphatic carbocycles. The molecule has 138 valence electrons. The molecule has 0 radical (unpaired) electrons. The van der Waals surface area contributed by atoms with Gasteiger partial charge in [0, 0.05) is 36.7 Å². The van der Waals surface area contributed by atoms with E-state index in [2.05, 4.69) is 37.7 Å². The second kappa shape index (κ2) is 6.79. The molecule has 1 amide bonds. The lowest BCUT2D eigenvalue weighted by Gasteiger charge is -2.44. The Hall–Kier alpha value is -1.70. The van der Waals surface area contributed by atoms with E-state index in [-0.39, 0.29) is 11.9 Å². The molecule has 4 fully saturated rings. The third-order valence-electron chi connectivity index (χ3n) is 6.02. The number of morpholine rings is 1. The second-order valence-corrected chi connectivity index (χ2v) is 8.33. The normalized spacial score (nSPS) is 28.5. The molecule has 6 nitrogen and oxygen atoms in total. The van der Waals surface area contributed by atoms with Crippen LogP contribution in [0.25, 0.3) is 10.1 Å². The Kier molecular flexibility index (Phi) is 4.30. The van der Waals surface area contributed by atoms with Gasteiger partial charge in [0.15, 0.2) is 0 Å². The average Bonchev–Trinajstić information content (AvgIpc) is 3.13. The fraction of sp³-hybridized carbons (Fsp3) is 0.579. The molecule has 2 bridgehead atoms. The fourth-order valence-electron chi connectivity index (χ4n) is 4.47. The lowest BCUT2D eigenvalue weighted by atomic mass is 9.84. The molecule has 1 aromatic carbocycles. The van der Waals surface area contributed by atoms with Crippen molar-refractivity contribution < 1.29 is 9.53 Å². The zero-order chi connectivity index (χ0) is 17.5. The van der Waals surface area contributed by atoms with Crippen LogP contribution in [0.1, 0.15) is 23.3 Å². The molecule has 1 aromatic heterocycles. The van der Waals surface area contributed by atoms with Crippen LogP contribution in [0.4, 0.5) is 5.69 Å². The van der Waals surface area contributed by atoms with Crippen LogP contribution < -0.4 is 10.2 Å². The van der Waals surface area contributed by atoms with Gasteiger partial charge in [-0.25, -0.2) is 0 Å². The number of amides is 1. The summed E-state index contributed by atoms with van der Waals surface area (Å²) in [6.45, 7) is 6.72. The zero-order valence-electron chi connectivity index (χ0n) is 14.8. The molecule has 0 saturated carbocycles. The van der Waals surface area contributed by atoms with Crippen LogP contribution in [0.5, 0.6) is 0 Å². The molecule has 2 aromatic rings. The number of carbonyl (C=O) groups excluding carboxylic acids is 1. The quantitative estimate of drug-likeness (QED) is 0.893. The molecule has 6 rings (SSSR count). The van der Waals surface area contributed by atoms with Crippen molar-refractivity contribution in [2.24, 2.45) is 5.92 Å². The van der Waals surface area contributed by atoms with Gasteiger partial charge in [0.05, 0.1) is 17.9 Å². The Bertz CT molecular complexity index is 809. The molecule has 7 heteroatoms. The summed E-state index contributed by atoms with van der Waals surface area (Å²) in [6, 6.07) is 6.58. The molecule has 4 aliphatic rings. The maximum atomic E-state index is 12.8. The largest absolute Gasteiger partial charge is 0.378 e. The molecule has 4 saturated heterocycles. The summed E-state index contributed by atoms with van der Waals surface area (Å²) in [5, 5.41) is 4.22. The summed E-state index contributed by atoms with van der Waals surface area (Å²) in [4.78, 5) is 17.6. The van der Waals surface area contributed by atoms with Gasteiger partial charge in [0.1, 0.15) is 5.69 Å². The monoisotopic (exact) mass is 372 g/mol. The first-order chi connectivity index (χ1) is 12.8. The summed E-state index contributed by atoms with van der Waals surface area (Å²) in [5.74, 6) is 0.607. The molecule has 1 atom stereocenters. The van der Waals surface area contributed by atoms with Crippen molar-refractivity contribution in [3.63, 3.8) is 0 Å². The molecule has 1 N–H and O–H groups in total. The van der Waals surface area contributed by atoms with Crippen LogP contribution in [0.3, 0.4) is 0 Å². The highest BCUT2D eigenvalue weighted by atomic mass is 32.1. The van der Waals surface area contributed by atoms with Crippen molar-refractivity contribution in [1.29, 1.82) is 0 Å². The maximum absolute atomic E-state index is 12.8. The van der Waals surface area contributed by atoms with E-state index in [4.69, 9.17) is 4.74 Å². The number of ether oxygens (including phenoxy) is 1. The zero-order valence-corrected chi connectivity index (χ0v) is 15.6. The summed E-state index contributed by atoms with van der Waals surface area (Å²) < 4.78 is 11.0. The molecular formula is C19H24N4O2S. The van der Waals surface area contributed by atoms with Gasteiger partial charge >= 0.3 is 0 Å². The first-order valence-electron chi connectivity index (χ1n) is 9.53. The number of carbonyl (C=O) groups is 1. The van der Waals surface area contributed by atoms with Crippen LogP contribution in [0.2, 0.25) is 0 Å². The maximum Gasteiger partial charge on any atom is 0.271 e. The van der Waals surface area contributed by atoms with E-state index < -0.39 is 0 Å². The third kappa shape index (κ3) is 2.98. The molecule has 5 heterocycles. The van der Waals surface area contributed by atoms with E-state index in [1.54, 1.807) is 0 Å². The van der Waals surface area contributed by atoms with E-state index in [1.165, 1.54) is 43.2 Å². The number of nitrogens with one attached hydrogen (secondary N) is 1. The highest BCUT2D eigenvalue weighted by Crippen LogP contribution is 2.30. The third-order valence-corrected chi connectivity index (χ3v) is 6.83.